The molecule has 0 N–H and O–H groups in total. The number of amides is 2. The Morgan fingerprint density at radius 2 is 1.88 bits per heavy atom. The van der Waals surface area contributed by atoms with E-state index >= 15 is 0 Å². The maximum Gasteiger partial charge on any atom is 0.254 e. The fourth-order valence-corrected chi connectivity index (χ4v) is 3.26. The van der Waals surface area contributed by atoms with Gasteiger partial charge in [-0.1, -0.05) is 18.2 Å². The lowest BCUT2D eigenvalue weighted by Crippen LogP contribution is -2.43. The molecule has 1 saturated heterocycles. The molecule has 0 aromatic heterocycles. The van der Waals surface area contributed by atoms with Gasteiger partial charge in [0.05, 0.1) is 0 Å². The van der Waals surface area contributed by atoms with Crippen LogP contribution in [0.3, 0.4) is 0 Å². The fraction of sp³-hybridized carbons (Fsp3) is 0.263. The molecule has 0 saturated carbocycles. The summed E-state index contributed by atoms with van der Waals surface area (Å²) in [7, 11) is 1.67. The smallest absolute Gasteiger partial charge is 0.254 e. The van der Waals surface area contributed by atoms with E-state index in [1.165, 1.54) is 4.90 Å². The Kier molecular flexibility index (Phi) is 3.80. The van der Waals surface area contributed by atoms with Crippen LogP contribution in [0.5, 0.6) is 11.5 Å². The predicted octanol–water partition coefficient (Wildman–Crippen LogP) is 2.29. The van der Waals surface area contributed by atoms with E-state index in [-0.39, 0.29) is 18.6 Å². The molecule has 128 valence electrons. The molecule has 0 aliphatic carbocycles. The third-order valence-corrected chi connectivity index (χ3v) is 4.65. The molecule has 0 unspecified atom stereocenters. The van der Waals surface area contributed by atoms with Gasteiger partial charge in [0.2, 0.25) is 12.7 Å². The number of rotatable bonds is 3. The van der Waals surface area contributed by atoms with E-state index in [0.717, 1.165) is 5.69 Å². The standard InChI is InChI=1S/C19H18N2O4/c1-20(18(22)13-7-8-16-17(11-13)25-12-24-16)15-9-10-21(19(15)23)14-5-3-2-4-6-14/h2-8,11,15H,9-10,12H2,1H3/t15-/m0/s1. The second-order valence-corrected chi connectivity index (χ2v) is 6.11. The van der Waals surface area contributed by atoms with Crippen LogP contribution in [0, 0.1) is 0 Å². The largest absolute Gasteiger partial charge is 0.454 e. The summed E-state index contributed by atoms with van der Waals surface area (Å²) in [5.74, 6) is 0.934. The van der Waals surface area contributed by atoms with Crippen molar-refractivity contribution in [2.24, 2.45) is 0 Å². The van der Waals surface area contributed by atoms with E-state index < -0.39 is 6.04 Å². The highest BCUT2D eigenvalue weighted by molar-refractivity contribution is 6.04. The van der Waals surface area contributed by atoms with E-state index in [1.54, 1.807) is 30.1 Å². The lowest BCUT2D eigenvalue weighted by Gasteiger charge is -2.24. The molecule has 6 heteroatoms. The van der Waals surface area contributed by atoms with Crippen LogP contribution in [0.15, 0.2) is 48.5 Å². The molecular weight excluding hydrogens is 320 g/mol. The van der Waals surface area contributed by atoms with Crippen molar-refractivity contribution < 1.29 is 19.1 Å². The summed E-state index contributed by atoms with van der Waals surface area (Å²) in [4.78, 5) is 28.8. The fourth-order valence-electron chi connectivity index (χ4n) is 3.26. The van der Waals surface area contributed by atoms with Crippen molar-refractivity contribution >= 4 is 17.5 Å². The van der Waals surface area contributed by atoms with Crippen molar-refractivity contribution in [1.82, 2.24) is 4.90 Å². The Morgan fingerprint density at radius 3 is 2.68 bits per heavy atom. The highest BCUT2D eigenvalue weighted by Gasteiger charge is 2.37. The van der Waals surface area contributed by atoms with Crippen molar-refractivity contribution in [2.45, 2.75) is 12.5 Å². The second kappa shape index (κ2) is 6.12. The maximum absolute atomic E-state index is 12.8. The number of ether oxygens (including phenoxy) is 2. The van der Waals surface area contributed by atoms with Crippen LogP contribution in [0.2, 0.25) is 0 Å². The number of nitrogens with zero attached hydrogens (tertiary/aromatic N) is 2. The van der Waals surface area contributed by atoms with Crippen LogP contribution >= 0.6 is 0 Å². The highest BCUT2D eigenvalue weighted by Crippen LogP contribution is 2.33. The molecule has 2 amide bonds. The maximum atomic E-state index is 12.8. The normalized spacial score (nSPS) is 18.5. The zero-order chi connectivity index (χ0) is 17.4. The van der Waals surface area contributed by atoms with Crippen molar-refractivity contribution in [1.29, 1.82) is 0 Å². The van der Waals surface area contributed by atoms with Gasteiger partial charge in [0.25, 0.3) is 5.91 Å². The first-order chi connectivity index (χ1) is 12.1. The average molecular weight is 338 g/mol. The minimum atomic E-state index is -0.460. The molecular formula is C19H18N2O4. The number of fused-ring (bicyclic) bond motifs is 1. The molecule has 2 aliphatic heterocycles. The van der Waals surface area contributed by atoms with Crippen molar-refractivity contribution in [3.05, 3.63) is 54.1 Å². The van der Waals surface area contributed by atoms with Crippen molar-refractivity contribution in [3.8, 4) is 11.5 Å². The minimum Gasteiger partial charge on any atom is -0.454 e. The number of para-hydroxylation sites is 1. The highest BCUT2D eigenvalue weighted by atomic mass is 16.7. The number of carbonyl (C=O) groups excluding carboxylic acids is 2. The topological polar surface area (TPSA) is 59.1 Å². The van der Waals surface area contributed by atoms with E-state index in [0.29, 0.717) is 30.0 Å². The Balaban J connectivity index is 1.52. The van der Waals surface area contributed by atoms with E-state index in [1.807, 2.05) is 30.3 Å². The first-order valence-electron chi connectivity index (χ1n) is 8.18. The predicted molar refractivity (Wildman–Crippen MR) is 91.9 cm³/mol. The quantitative estimate of drug-likeness (QED) is 0.862. The number of anilines is 1. The van der Waals surface area contributed by atoms with Crippen LogP contribution in [-0.4, -0.2) is 43.1 Å². The average Bonchev–Trinajstić information content (AvgIpc) is 3.27. The molecule has 1 fully saturated rings. The van der Waals surface area contributed by atoms with E-state index in [4.69, 9.17) is 9.47 Å². The van der Waals surface area contributed by atoms with Gasteiger partial charge in [-0.25, -0.2) is 0 Å². The van der Waals surface area contributed by atoms with E-state index in [9.17, 15) is 9.59 Å². The third-order valence-electron chi connectivity index (χ3n) is 4.65. The molecule has 2 aromatic carbocycles. The Bertz CT molecular complexity index is 821. The summed E-state index contributed by atoms with van der Waals surface area (Å²) in [6.45, 7) is 0.766. The molecule has 2 aliphatic rings. The molecule has 1 atom stereocenters. The van der Waals surface area contributed by atoms with Gasteiger partial charge in [-0.3, -0.25) is 9.59 Å². The molecule has 0 bridgehead atoms. The third kappa shape index (κ3) is 2.69. The van der Waals surface area contributed by atoms with Gasteiger partial charge < -0.3 is 19.3 Å². The summed E-state index contributed by atoms with van der Waals surface area (Å²) in [5, 5.41) is 0. The molecule has 4 rings (SSSR count). The summed E-state index contributed by atoms with van der Waals surface area (Å²) in [6.07, 6.45) is 0.612. The van der Waals surface area contributed by atoms with Gasteiger partial charge in [-0.05, 0) is 36.8 Å². The van der Waals surface area contributed by atoms with E-state index in [2.05, 4.69) is 0 Å². The van der Waals surface area contributed by atoms with Gasteiger partial charge in [0, 0.05) is 24.8 Å². The van der Waals surface area contributed by atoms with Gasteiger partial charge >= 0.3 is 0 Å². The van der Waals surface area contributed by atoms with Crippen LogP contribution in [0.25, 0.3) is 0 Å². The van der Waals surface area contributed by atoms with Crippen LogP contribution in [0.1, 0.15) is 16.8 Å². The van der Waals surface area contributed by atoms with Gasteiger partial charge in [0.15, 0.2) is 11.5 Å². The van der Waals surface area contributed by atoms with Crippen LogP contribution < -0.4 is 14.4 Å². The number of hydrogen-bond acceptors (Lipinski definition) is 4. The lowest BCUT2D eigenvalue weighted by molar-refractivity contribution is -0.120. The Hall–Kier alpha value is -3.02. The van der Waals surface area contributed by atoms with Crippen molar-refractivity contribution in [3.63, 3.8) is 0 Å². The number of benzene rings is 2. The zero-order valence-electron chi connectivity index (χ0n) is 13.8. The second-order valence-electron chi connectivity index (χ2n) is 6.11. The molecule has 6 nitrogen and oxygen atoms in total. The summed E-state index contributed by atoms with van der Waals surface area (Å²) in [5.41, 5.74) is 1.34. The Morgan fingerprint density at radius 1 is 1.12 bits per heavy atom. The molecule has 2 aromatic rings. The number of likely N-dealkylation sites (N-methyl/N-ethyl adjacent to an activating group) is 1. The first kappa shape index (κ1) is 15.5. The molecule has 25 heavy (non-hydrogen) atoms. The molecule has 2 heterocycles. The summed E-state index contributed by atoms with van der Waals surface area (Å²) >= 11 is 0. The number of carbonyl (C=O) groups is 2. The minimum absolute atomic E-state index is 0.0530. The van der Waals surface area contributed by atoms with Gasteiger partial charge in [-0.2, -0.15) is 0 Å². The van der Waals surface area contributed by atoms with Crippen molar-refractivity contribution in [2.75, 3.05) is 25.3 Å². The van der Waals surface area contributed by atoms with Crippen LogP contribution in [0.4, 0.5) is 5.69 Å². The summed E-state index contributed by atoms with van der Waals surface area (Å²) < 4.78 is 10.6. The molecule has 0 spiro atoms. The number of hydrogen-bond donors (Lipinski definition) is 0. The lowest BCUT2D eigenvalue weighted by atomic mass is 10.1. The SMILES string of the molecule is CN(C(=O)c1ccc2c(c1)OCO2)[C@H]1CCN(c2ccccc2)C1=O. The van der Waals surface area contributed by atoms with Gasteiger partial charge in [0.1, 0.15) is 6.04 Å². The van der Waals surface area contributed by atoms with Crippen LogP contribution in [-0.2, 0) is 4.79 Å². The zero-order valence-corrected chi connectivity index (χ0v) is 13.8. The first-order valence-corrected chi connectivity index (χ1v) is 8.18. The van der Waals surface area contributed by atoms with Gasteiger partial charge in [-0.15, -0.1) is 0 Å². The molecule has 0 radical (unpaired) electrons. The summed E-state index contributed by atoms with van der Waals surface area (Å²) in [6, 6.07) is 14.1. The monoisotopic (exact) mass is 338 g/mol. The Labute approximate surface area is 145 Å².